The Morgan fingerprint density at radius 2 is 0.742 bits per heavy atom. The van der Waals surface area contributed by atoms with E-state index in [1.54, 1.807) is 41.5 Å². The molecule has 14 rings (SSSR count). The highest BCUT2D eigenvalue weighted by molar-refractivity contribution is 5.01. The molecule has 9 unspecified atom stereocenters. The second-order valence-electron chi connectivity index (χ2n) is 32.6. The Morgan fingerprint density at radius 3 is 0.753 bits per heavy atom. The average Bonchev–Trinajstić information content (AvgIpc) is 1.56. The Morgan fingerprint density at radius 1 is 0.361 bits per heavy atom. The first kappa shape index (κ1) is 93.1. The predicted molar refractivity (Wildman–Crippen MR) is 326 cm³/mol. The third kappa shape index (κ3) is 36.9. The lowest BCUT2D eigenvalue weighted by molar-refractivity contribution is -0.309. The Labute approximate surface area is 559 Å². The van der Waals surface area contributed by atoms with Gasteiger partial charge in [0.25, 0.3) is 11.8 Å². The maximum absolute atomic E-state index is 12.0. The molecule has 97 heavy (non-hydrogen) atoms. The summed E-state index contributed by atoms with van der Waals surface area (Å²) in [5, 5.41) is 0. The van der Waals surface area contributed by atoms with Crippen molar-refractivity contribution >= 4 is 0 Å². The molecule has 14 saturated carbocycles. The zero-order valence-electron chi connectivity index (χ0n) is 59.3. The third-order valence-electron chi connectivity index (χ3n) is 20.8. The summed E-state index contributed by atoms with van der Waals surface area (Å²) < 4.78 is 316. The zero-order chi connectivity index (χ0) is 76.1. The van der Waals surface area contributed by atoms with Crippen molar-refractivity contribution < 1.29 is 119 Å². The molecule has 0 amide bonds. The van der Waals surface area contributed by atoms with Crippen LogP contribution >= 0.6 is 0 Å². The molecule has 0 aromatic carbocycles. The number of hydrogen-bond acceptors (Lipinski definition) is 0. The minimum atomic E-state index is -3.95. The minimum Gasteiger partial charge on any atom is -0.244 e. The van der Waals surface area contributed by atoms with Gasteiger partial charge in [-0.05, 0) is 150 Å². The quantitative estimate of drug-likeness (QED) is 0.242. The summed E-state index contributed by atoms with van der Waals surface area (Å²) in [5.41, 5.74) is -1.92. The molecule has 27 heteroatoms. The average molecular weight is 1470 g/mol. The van der Waals surface area contributed by atoms with Gasteiger partial charge >= 0.3 is 36.6 Å². The SMILES string of the molecule is CC1(C(F)(F)F)CC1.CC1(C(F)F)CC1.CC1(C)CCC1.CC1(F)CC1.CC1CC(C(F)(F)F)C1.CC1CC(F)(F)C1.CC1CC(F)(F)C1(F)F.CC1CC1.CC1CC1(F)F.CC1CC1C(F)(F)F.CC1CC1C(F)F.CC1CCC1.CC1CCC1(F)F.CC1CCC1C(F)(F)F. The lowest BCUT2D eigenvalue weighted by Gasteiger charge is -2.41. The minimum absolute atomic E-state index is 0.104. The van der Waals surface area contributed by atoms with Crippen LogP contribution in [0.15, 0.2) is 0 Å². The molecule has 0 saturated heterocycles. The molecule has 0 heterocycles. The number of halogens is 27. The maximum Gasteiger partial charge on any atom is 0.394 e. The second kappa shape index (κ2) is 36.2. The summed E-state index contributed by atoms with van der Waals surface area (Å²) in [4.78, 5) is 0. The lowest BCUT2D eigenvalue weighted by Crippen LogP contribution is -2.57. The molecule has 0 aromatic heterocycles. The van der Waals surface area contributed by atoms with Gasteiger partial charge in [0.05, 0.1) is 23.2 Å². The summed E-state index contributed by atoms with van der Waals surface area (Å²) in [6.07, 6.45) is -1.19. The largest absolute Gasteiger partial charge is 0.394 e. The van der Waals surface area contributed by atoms with Gasteiger partial charge in [0.2, 0.25) is 18.8 Å². The van der Waals surface area contributed by atoms with E-state index in [4.69, 9.17) is 0 Å². The van der Waals surface area contributed by atoms with Crippen LogP contribution in [0.4, 0.5) is 119 Å². The van der Waals surface area contributed by atoms with Gasteiger partial charge in [-0.1, -0.05) is 135 Å². The highest BCUT2D eigenvalue weighted by Gasteiger charge is 2.69. The molecule has 14 aliphatic carbocycles. The van der Waals surface area contributed by atoms with Crippen molar-refractivity contribution in [3.63, 3.8) is 0 Å². The zero-order valence-corrected chi connectivity index (χ0v) is 59.3. The molecular formula is C70H113F27. The van der Waals surface area contributed by atoms with E-state index >= 15 is 0 Å². The molecule has 0 aromatic rings. The van der Waals surface area contributed by atoms with Crippen molar-refractivity contribution in [1.82, 2.24) is 0 Å². The Bertz CT molecular complexity index is 2150. The van der Waals surface area contributed by atoms with Crippen LogP contribution in [0.1, 0.15) is 271 Å². The molecule has 9 atom stereocenters. The smallest absolute Gasteiger partial charge is 0.244 e. The summed E-state index contributed by atoms with van der Waals surface area (Å²) in [6, 6.07) is 0. The van der Waals surface area contributed by atoms with Gasteiger partial charge in [0.15, 0.2) is 0 Å². The van der Waals surface area contributed by atoms with Crippen LogP contribution in [0.3, 0.4) is 0 Å². The van der Waals surface area contributed by atoms with E-state index in [1.165, 1.54) is 58.3 Å². The molecule has 14 fully saturated rings. The Balaban J connectivity index is 0.000000524. The first-order valence-electron chi connectivity index (χ1n) is 34.7. The summed E-state index contributed by atoms with van der Waals surface area (Å²) >= 11 is 0. The summed E-state index contributed by atoms with van der Waals surface area (Å²) in [7, 11) is 0. The fourth-order valence-electron chi connectivity index (χ4n) is 9.36. The van der Waals surface area contributed by atoms with Gasteiger partial charge in [-0.25, -0.2) is 48.3 Å². The van der Waals surface area contributed by atoms with Gasteiger partial charge in [-0.3, -0.25) is 0 Å². The van der Waals surface area contributed by atoms with Gasteiger partial charge in [0, 0.05) is 61.2 Å². The monoisotopic (exact) mass is 1470 g/mol. The van der Waals surface area contributed by atoms with Crippen LogP contribution < -0.4 is 0 Å². The molecule has 14 aliphatic rings. The summed E-state index contributed by atoms with van der Waals surface area (Å²) in [6.45, 7) is 26.9. The van der Waals surface area contributed by atoms with Crippen LogP contribution in [0.25, 0.3) is 0 Å². The predicted octanol–water partition coefficient (Wildman–Crippen LogP) is 28.7. The molecule has 0 N–H and O–H groups in total. The van der Waals surface area contributed by atoms with Crippen molar-refractivity contribution in [1.29, 1.82) is 0 Å². The first-order chi connectivity index (χ1) is 43.3. The lowest BCUT2D eigenvalue weighted by atomic mass is 9.72. The van der Waals surface area contributed by atoms with E-state index in [2.05, 4.69) is 27.7 Å². The standard InChI is InChI=1S/2C6H9F3.C6H12.C5H6F4.2C5H7F3.4C5H8F2.C5H10.C4H6F2.C4H7F.C4H8/c1-4-2-5(3-4)6(7,8)9;1-4-2-3-5(4)6(7,8)9;1-6(2)4-3-5-6;1-3-2-4(6,7)5(3,8)9;1-4(2-3-4)5(6,7)8;1-3-2-4(3)5(6,7)8;1-4-2-5(6,7)3-4;1-5(2-3-5)4(6)7;1-4-2-3-5(4,6)7;1-3-2-4(3)5(6)7;1-5-3-2-4-5;1-3-2-4(3,5)6;1-4(5)2-3-4;1-4-2-3-4/h2*4-5H,2-3H2,1H3;3-5H2,1-2H3;3H,2H2,1H3;2-3H2,1H3;3-4H,2H2,1H3;3*4H,2-3H2,1H3;3-5H,2H2,1H3;5H,2-4H2,1H3;3H,2H2,1H3;2-3H2,1H3;4H,2-3H2,1H3. The van der Waals surface area contributed by atoms with Gasteiger partial charge in [-0.2, -0.15) is 70.2 Å². The van der Waals surface area contributed by atoms with Crippen LogP contribution in [0.5, 0.6) is 0 Å². The molecule has 0 bridgehead atoms. The molecule has 0 radical (unpaired) electrons. The highest BCUT2D eigenvalue weighted by atomic mass is 19.4. The topological polar surface area (TPSA) is 0 Å². The van der Waals surface area contributed by atoms with Gasteiger partial charge in [-0.15, -0.1) is 0 Å². The number of rotatable bonds is 2. The van der Waals surface area contributed by atoms with Crippen LogP contribution in [-0.2, 0) is 0 Å². The highest BCUT2D eigenvalue weighted by Crippen LogP contribution is 2.58. The van der Waals surface area contributed by atoms with Crippen molar-refractivity contribution in [2.75, 3.05) is 0 Å². The number of hydrogen-bond donors (Lipinski definition) is 0. The van der Waals surface area contributed by atoms with E-state index in [0.717, 1.165) is 49.9 Å². The third-order valence-corrected chi connectivity index (χ3v) is 20.8. The molecular weight excluding hydrogens is 1350 g/mol. The summed E-state index contributed by atoms with van der Waals surface area (Å²) in [5.74, 6) is -16.8. The Kier molecular flexibility index (Phi) is 34.8. The normalized spacial score (nSPS) is 33.1. The van der Waals surface area contributed by atoms with E-state index in [9.17, 15) is 119 Å². The fourth-order valence-corrected chi connectivity index (χ4v) is 9.36. The van der Waals surface area contributed by atoms with Crippen molar-refractivity contribution in [2.24, 2.45) is 99.1 Å². The molecule has 0 nitrogen and oxygen atoms in total. The van der Waals surface area contributed by atoms with Gasteiger partial charge < -0.3 is 0 Å². The van der Waals surface area contributed by atoms with E-state index in [1.807, 2.05) is 20.8 Å². The van der Waals surface area contributed by atoms with E-state index in [0.29, 0.717) is 63.7 Å². The van der Waals surface area contributed by atoms with Crippen LogP contribution in [0, 0.1) is 99.1 Å². The van der Waals surface area contributed by atoms with Crippen molar-refractivity contribution in [2.45, 2.75) is 344 Å². The van der Waals surface area contributed by atoms with Crippen LogP contribution in [-0.4, -0.2) is 72.8 Å². The molecule has 582 valence electrons. The van der Waals surface area contributed by atoms with Crippen LogP contribution in [0.2, 0.25) is 0 Å². The molecule has 0 aliphatic heterocycles. The first-order valence-corrected chi connectivity index (χ1v) is 34.7. The fraction of sp³-hybridized carbons (Fsp3) is 1.00. The Hall–Kier alpha value is -1.89. The molecule has 0 spiro atoms. The van der Waals surface area contributed by atoms with Crippen molar-refractivity contribution in [3.05, 3.63) is 0 Å². The van der Waals surface area contributed by atoms with E-state index < -0.39 is 114 Å². The number of alkyl halides is 27. The van der Waals surface area contributed by atoms with Crippen molar-refractivity contribution in [3.8, 4) is 0 Å². The van der Waals surface area contributed by atoms with Gasteiger partial charge in [0.1, 0.15) is 5.67 Å². The van der Waals surface area contributed by atoms with E-state index in [-0.39, 0.29) is 67.1 Å². The second-order valence-corrected chi connectivity index (χ2v) is 32.6. The maximum atomic E-state index is 12.0.